The van der Waals surface area contributed by atoms with E-state index in [9.17, 15) is 9.59 Å². The molecule has 2 amide bonds. The van der Waals surface area contributed by atoms with Crippen LogP contribution in [0, 0.1) is 0 Å². The van der Waals surface area contributed by atoms with E-state index < -0.39 is 6.04 Å². The average molecular weight is 346 g/mol. The number of para-hydroxylation sites is 1. The molecule has 1 atom stereocenters. The molecule has 1 saturated heterocycles. The standard InChI is InChI=1S/C17H22N4O2S/c1-11(2)21-8-7-18-17(23)13(21)9-15(22)19-10-16-20-12-5-3-4-6-14(12)24-16/h3-6,11,13H,7-10H2,1-2H3,(H,18,23)(H,19,22). The summed E-state index contributed by atoms with van der Waals surface area (Å²) in [5.41, 5.74) is 0.949. The Morgan fingerprint density at radius 1 is 1.46 bits per heavy atom. The van der Waals surface area contributed by atoms with E-state index in [4.69, 9.17) is 0 Å². The van der Waals surface area contributed by atoms with Crippen LogP contribution in [0.4, 0.5) is 0 Å². The van der Waals surface area contributed by atoms with Gasteiger partial charge in [0, 0.05) is 19.1 Å². The molecule has 1 unspecified atom stereocenters. The SMILES string of the molecule is CC(C)N1CCNC(=O)C1CC(=O)NCc1nc2ccccc2s1. The third-order valence-electron chi connectivity index (χ3n) is 4.19. The molecule has 0 spiro atoms. The van der Waals surface area contributed by atoms with Crippen LogP contribution in [0.2, 0.25) is 0 Å². The number of hydrogen-bond acceptors (Lipinski definition) is 5. The molecule has 24 heavy (non-hydrogen) atoms. The zero-order valence-electron chi connectivity index (χ0n) is 13.9. The van der Waals surface area contributed by atoms with E-state index in [2.05, 4.69) is 20.5 Å². The highest BCUT2D eigenvalue weighted by Crippen LogP contribution is 2.21. The predicted octanol–water partition coefficient (Wildman–Crippen LogP) is 1.51. The Labute approximate surface area is 145 Å². The summed E-state index contributed by atoms with van der Waals surface area (Å²) in [5, 5.41) is 6.61. The van der Waals surface area contributed by atoms with Crippen LogP contribution >= 0.6 is 11.3 Å². The molecular weight excluding hydrogens is 324 g/mol. The summed E-state index contributed by atoms with van der Waals surface area (Å²) in [6.07, 6.45) is 0.176. The Balaban J connectivity index is 1.59. The first-order chi connectivity index (χ1) is 11.5. The van der Waals surface area contributed by atoms with Gasteiger partial charge in [-0.2, -0.15) is 0 Å². The Morgan fingerprint density at radius 2 is 2.25 bits per heavy atom. The highest BCUT2D eigenvalue weighted by molar-refractivity contribution is 7.18. The van der Waals surface area contributed by atoms with E-state index in [0.29, 0.717) is 13.1 Å². The van der Waals surface area contributed by atoms with Crippen molar-refractivity contribution in [2.75, 3.05) is 13.1 Å². The lowest BCUT2D eigenvalue weighted by Gasteiger charge is -2.37. The molecule has 0 saturated carbocycles. The molecule has 1 aromatic heterocycles. The summed E-state index contributed by atoms with van der Waals surface area (Å²) in [5.74, 6) is -0.188. The Morgan fingerprint density at radius 3 is 3.00 bits per heavy atom. The highest BCUT2D eigenvalue weighted by atomic mass is 32.1. The third-order valence-corrected chi connectivity index (χ3v) is 5.23. The molecule has 1 aliphatic heterocycles. The number of carbonyl (C=O) groups is 2. The number of carbonyl (C=O) groups excluding carboxylic acids is 2. The quantitative estimate of drug-likeness (QED) is 0.861. The number of benzene rings is 1. The van der Waals surface area contributed by atoms with Crippen LogP contribution in [-0.2, 0) is 16.1 Å². The number of rotatable bonds is 5. The second-order valence-electron chi connectivity index (χ2n) is 6.19. The second kappa shape index (κ2) is 7.27. The summed E-state index contributed by atoms with van der Waals surface area (Å²) in [6.45, 7) is 5.91. The molecule has 0 radical (unpaired) electrons. The molecule has 6 nitrogen and oxygen atoms in total. The minimum absolute atomic E-state index is 0.0647. The van der Waals surface area contributed by atoms with Gasteiger partial charge in [0.1, 0.15) is 5.01 Å². The molecule has 1 aromatic carbocycles. The fourth-order valence-electron chi connectivity index (χ4n) is 2.98. The first kappa shape index (κ1) is 16.9. The summed E-state index contributed by atoms with van der Waals surface area (Å²) in [4.78, 5) is 30.9. The molecular formula is C17H22N4O2S. The highest BCUT2D eigenvalue weighted by Gasteiger charge is 2.32. The van der Waals surface area contributed by atoms with Gasteiger partial charge < -0.3 is 10.6 Å². The van der Waals surface area contributed by atoms with Crippen molar-refractivity contribution in [2.45, 2.75) is 38.9 Å². The zero-order valence-corrected chi connectivity index (χ0v) is 14.7. The van der Waals surface area contributed by atoms with Gasteiger partial charge in [-0.15, -0.1) is 11.3 Å². The largest absolute Gasteiger partial charge is 0.353 e. The van der Waals surface area contributed by atoms with Crippen LogP contribution < -0.4 is 10.6 Å². The van der Waals surface area contributed by atoms with Crippen molar-refractivity contribution in [1.29, 1.82) is 0 Å². The summed E-state index contributed by atoms with van der Waals surface area (Å²) in [7, 11) is 0. The molecule has 0 aliphatic carbocycles. The van der Waals surface area contributed by atoms with Gasteiger partial charge in [0.25, 0.3) is 0 Å². The molecule has 0 bridgehead atoms. The second-order valence-corrected chi connectivity index (χ2v) is 7.31. The van der Waals surface area contributed by atoms with Crippen molar-refractivity contribution in [3.8, 4) is 0 Å². The maximum Gasteiger partial charge on any atom is 0.237 e. The Hall–Kier alpha value is -1.99. The van der Waals surface area contributed by atoms with Crippen LogP contribution in [0.15, 0.2) is 24.3 Å². The van der Waals surface area contributed by atoms with Gasteiger partial charge in [-0.3, -0.25) is 14.5 Å². The minimum Gasteiger partial charge on any atom is -0.353 e. The van der Waals surface area contributed by atoms with Gasteiger partial charge in [0.05, 0.1) is 29.2 Å². The van der Waals surface area contributed by atoms with E-state index >= 15 is 0 Å². The minimum atomic E-state index is -0.394. The predicted molar refractivity (Wildman–Crippen MR) is 94.7 cm³/mol. The zero-order chi connectivity index (χ0) is 17.1. The molecule has 2 aromatic rings. The normalized spacial score (nSPS) is 18.8. The summed E-state index contributed by atoms with van der Waals surface area (Å²) < 4.78 is 1.11. The topological polar surface area (TPSA) is 74.3 Å². The molecule has 128 valence electrons. The lowest BCUT2D eigenvalue weighted by atomic mass is 10.1. The van der Waals surface area contributed by atoms with E-state index in [1.807, 2.05) is 38.1 Å². The number of thiazole rings is 1. The van der Waals surface area contributed by atoms with Gasteiger partial charge in [0.2, 0.25) is 11.8 Å². The first-order valence-electron chi connectivity index (χ1n) is 8.19. The average Bonchev–Trinajstić information content (AvgIpc) is 2.97. The molecule has 2 N–H and O–H groups in total. The molecule has 1 fully saturated rings. The fraction of sp³-hybridized carbons (Fsp3) is 0.471. The number of amides is 2. The van der Waals surface area contributed by atoms with Crippen molar-refractivity contribution in [2.24, 2.45) is 0 Å². The summed E-state index contributed by atoms with van der Waals surface area (Å²) in [6, 6.07) is 7.75. The maximum atomic E-state index is 12.3. The number of nitrogens with one attached hydrogen (secondary N) is 2. The summed E-state index contributed by atoms with van der Waals surface area (Å²) >= 11 is 1.58. The lowest BCUT2D eigenvalue weighted by molar-refractivity contribution is -0.134. The van der Waals surface area contributed by atoms with E-state index in [1.165, 1.54) is 0 Å². The van der Waals surface area contributed by atoms with Gasteiger partial charge in [-0.25, -0.2) is 4.98 Å². The van der Waals surface area contributed by atoms with Gasteiger partial charge in [0.15, 0.2) is 0 Å². The van der Waals surface area contributed by atoms with Crippen LogP contribution in [0.3, 0.4) is 0 Å². The van der Waals surface area contributed by atoms with Crippen LogP contribution in [-0.4, -0.2) is 46.9 Å². The molecule has 1 aliphatic rings. The van der Waals surface area contributed by atoms with Gasteiger partial charge >= 0.3 is 0 Å². The van der Waals surface area contributed by atoms with Crippen molar-refractivity contribution in [3.05, 3.63) is 29.3 Å². The molecule has 3 rings (SSSR count). The fourth-order valence-corrected chi connectivity index (χ4v) is 3.89. The number of aromatic nitrogens is 1. The number of hydrogen-bond donors (Lipinski definition) is 2. The smallest absolute Gasteiger partial charge is 0.237 e. The number of fused-ring (bicyclic) bond motifs is 1. The van der Waals surface area contributed by atoms with E-state index in [-0.39, 0.29) is 24.3 Å². The molecule has 2 heterocycles. The van der Waals surface area contributed by atoms with E-state index in [1.54, 1.807) is 11.3 Å². The maximum absolute atomic E-state index is 12.3. The van der Waals surface area contributed by atoms with Crippen molar-refractivity contribution in [3.63, 3.8) is 0 Å². The van der Waals surface area contributed by atoms with Crippen molar-refractivity contribution < 1.29 is 9.59 Å². The molecule has 7 heteroatoms. The van der Waals surface area contributed by atoms with Gasteiger partial charge in [-0.05, 0) is 26.0 Å². The van der Waals surface area contributed by atoms with E-state index in [0.717, 1.165) is 21.8 Å². The lowest BCUT2D eigenvalue weighted by Crippen LogP contribution is -2.58. The number of piperazine rings is 1. The third kappa shape index (κ3) is 3.73. The van der Waals surface area contributed by atoms with Crippen LogP contribution in [0.5, 0.6) is 0 Å². The first-order valence-corrected chi connectivity index (χ1v) is 9.01. The van der Waals surface area contributed by atoms with Gasteiger partial charge in [-0.1, -0.05) is 12.1 Å². The Kier molecular flexibility index (Phi) is 5.11. The van der Waals surface area contributed by atoms with Crippen LogP contribution in [0.1, 0.15) is 25.3 Å². The van der Waals surface area contributed by atoms with Crippen molar-refractivity contribution >= 4 is 33.4 Å². The monoisotopic (exact) mass is 346 g/mol. The number of nitrogens with zero attached hydrogens (tertiary/aromatic N) is 2. The van der Waals surface area contributed by atoms with Crippen molar-refractivity contribution in [1.82, 2.24) is 20.5 Å². The van der Waals surface area contributed by atoms with Crippen LogP contribution in [0.25, 0.3) is 10.2 Å². The Bertz CT molecular complexity index is 710.